The van der Waals surface area contributed by atoms with Crippen LogP contribution < -0.4 is 14.5 Å². The summed E-state index contributed by atoms with van der Waals surface area (Å²) in [4.78, 5) is 4.22. The molecule has 2 aromatic rings. The van der Waals surface area contributed by atoms with Crippen LogP contribution in [0.25, 0.3) is 0 Å². The third kappa shape index (κ3) is 1.88. The number of benzene rings is 1. The zero-order valence-corrected chi connectivity index (χ0v) is 10.5. The lowest BCUT2D eigenvalue weighted by Gasteiger charge is -2.23. The molecule has 1 aliphatic heterocycles. The summed E-state index contributed by atoms with van der Waals surface area (Å²) in [6.07, 6.45) is 3.75. The van der Waals surface area contributed by atoms with Gasteiger partial charge in [0.05, 0.1) is 11.4 Å². The molecule has 3 rings (SSSR count). The van der Waals surface area contributed by atoms with Crippen LogP contribution in [0.3, 0.4) is 0 Å². The topological polar surface area (TPSA) is 39.5 Å². The third-order valence-corrected chi connectivity index (χ3v) is 2.94. The van der Waals surface area contributed by atoms with Gasteiger partial charge in [-0.25, -0.2) is 9.66 Å². The Bertz CT molecular complexity index is 565. The molecule has 0 bridgehead atoms. The van der Waals surface area contributed by atoms with Crippen molar-refractivity contribution in [2.24, 2.45) is 0 Å². The predicted octanol–water partition coefficient (Wildman–Crippen LogP) is 1.86. The van der Waals surface area contributed by atoms with Gasteiger partial charge in [0.15, 0.2) is 11.5 Å². The molecule has 1 aromatic heterocycles. The Labute approximate surface area is 106 Å². The molecule has 5 nitrogen and oxygen atoms in total. The fraction of sp³-hybridized carbons (Fsp3) is 0.308. The lowest BCUT2D eigenvalue weighted by molar-refractivity contribution is 0.171. The number of imidazole rings is 1. The predicted molar refractivity (Wildman–Crippen MR) is 68.2 cm³/mol. The second-order valence-corrected chi connectivity index (χ2v) is 4.25. The molecule has 1 aromatic carbocycles. The Morgan fingerprint density at radius 3 is 2.72 bits per heavy atom. The molecule has 0 N–H and O–H groups in total. The van der Waals surface area contributed by atoms with E-state index in [2.05, 4.69) is 4.98 Å². The molecule has 1 aliphatic rings. The molecule has 0 spiro atoms. The normalized spacial score (nSPS) is 13.4. The summed E-state index contributed by atoms with van der Waals surface area (Å²) in [7, 11) is 1.98. The number of aromatic nitrogens is 2. The van der Waals surface area contributed by atoms with Crippen molar-refractivity contribution in [2.45, 2.75) is 6.92 Å². The molecule has 5 heteroatoms. The van der Waals surface area contributed by atoms with Crippen molar-refractivity contribution in [1.29, 1.82) is 0 Å². The van der Waals surface area contributed by atoms with Crippen LogP contribution in [0.1, 0.15) is 5.69 Å². The van der Waals surface area contributed by atoms with Gasteiger partial charge in [-0.1, -0.05) is 0 Å². The van der Waals surface area contributed by atoms with E-state index in [4.69, 9.17) is 9.47 Å². The molecular formula is C13H15N3O2. The molecule has 0 saturated heterocycles. The Balaban J connectivity index is 1.92. The highest BCUT2D eigenvalue weighted by Gasteiger charge is 2.13. The first-order valence-electron chi connectivity index (χ1n) is 5.88. The van der Waals surface area contributed by atoms with Crippen LogP contribution in [0.4, 0.5) is 5.69 Å². The van der Waals surface area contributed by atoms with E-state index < -0.39 is 0 Å². The number of hydrogen-bond donors (Lipinski definition) is 0. The van der Waals surface area contributed by atoms with Gasteiger partial charge in [-0.15, -0.1) is 0 Å². The minimum Gasteiger partial charge on any atom is -0.486 e. The van der Waals surface area contributed by atoms with Crippen LogP contribution in [-0.4, -0.2) is 29.9 Å². The highest BCUT2D eigenvalue weighted by molar-refractivity contribution is 5.56. The van der Waals surface area contributed by atoms with Crippen molar-refractivity contribution >= 4 is 5.69 Å². The van der Waals surface area contributed by atoms with Gasteiger partial charge < -0.3 is 9.47 Å². The minimum absolute atomic E-state index is 0.602. The molecule has 0 radical (unpaired) electrons. The van der Waals surface area contributed by atoms with E-state index in [1.54, 1.807) is 6.33 Å². The standard InChI is InChI=1S/C13H15N3O2/c1-10-8-16(9-14-10)15(2)11-3-4-12-13(7-11)18-6-5-17-12/h3-4,7-9H,5-6H2,1-2H3. The first-order chi connectivity index (χ1) is 8.74. The van der Waals surface area contributed by atoms with E-state index in [1.807, 2.05) is 48.1 Å². The molecule has 0 atom stereocenters. The second-order valence-electron chi connectivity index (χ2n) is 4.25. The fourth-order valence-electron chi connectivity index (χ4n) is 1.94. The van der Waals surface area contributed by atoms with Gasteiger partial charge in [0, 0.05) is 19.3 Å². The molecule has 0 unspecified atom stereocenters. The van der Waals surface area contributed by atoms with Gasteiger partial charge in [0.2, 0.25) is 0 Å². The first kappa shape index (κ1) is 11.0. The first-order valence-corrected chi connectivity index (χ1v) is 5.88. The Kier molecular flexibility index (Phi) is 2.59. The molecule has 94 valence electrons. The summed E-state index contributed by atoms with van der Waals surface area (Å²) in [5.41, 5.74) is 2.01. The van der Waals surface area contributed by atoms with E-state index in [0.29, 0.717) is 13.2 Å². The molecule has 18 heavy (non-hydrogen) atoms. The SMILES string of the molecule is Cc1cn(N(C)c2ccc3c(c2)OCCO3)cn1. The average molecular weight is 245 g/mol. The zero-order chi connectivity index (χ0) is 12.5. The lowest BCUT2D eigenvalue weighted by Crippen LogP contribution is -2.23. The lowest BCUT2D eigenvalue weighted by atomic mass is 10.2. The van der Waals surface area contributed by atoms with Crippen molar-refractivity contribution < 1.29 is 9.47 Å². The summed E-state index contributed by atoms with van der Waals surface area (Å²) in [5.74, 6) is 1.60. The summed E-state index contributed by atoms with van der Waals surface area (Å²) >= 11 is 0. The third-order valence-electron chi connectivity index (χ3n) is 2.94. The monoisotopic (exact) mass is 245 g/mol. The summed E-state index contributed by atoms with van der Waals surface area (Å²) in [5, 5.41) is 2.00. The van der Waals surface area contributed by atoms with Crippen LogP contribution in [0, 0.1) is 6.92 Å². The highest BCUT2D eigenvalue weighted by atomic mass is 16.6. The zero-order valence-electron chi connectivity index (χ0n) is 10.5. The van der Waals surface area contributed by atoms with E-state index in [9.17, 15) is 0 Å². The molecular weight excluding hydrogens is 230 g/mol. The quantitative estimate of drug-likeness (QED) is 0.809. The Morgan fingerprint density at radius 1 is 1.22 bits per heavy atom. The molecule has 0 saturated carbocycles. The largest absolute Gasteiger partial charge is 0.486 e. The number of hydrogen-bond acceptors (Lipinski definition) is 4. The van der Waals surface area contributed by atoms with Crippen LogP contribution in [0.5, 0.6) is 11.5 Å². The number of nitrogens with zero attached hydrogens (tertiary/aromatic N) is 3. The van der Waals surface area contributed by atoms with E-state index >= 15 is 0 Å². The fourth-order valence-corrected chi connectivity index (χ4v) is 1.94. The van der Waals surface area contributed by atoms with Gasteiger partial charge >= 0.3 is 0 Å². The Hall–Kier alpha value is -2.17. The van der Waals surface area contributed by atoms with Gasteiger partial charge in [-0.3, -0.25) is 5.01 Å². The molecule has 2 heterocycles. The molecule has 0 fully saturated rings. The van der Waals surface area contributed by atoms with Crippen LogP contribution in [0.2, 0.25) is 0 Å². The van der Waals surface area contributed by atoms with Gasteiger partial charge in [0.1, 0.15) is 19.5 Å². The summed E-state index contributed by atoms with van der Waals surface area (Å²) in [6.45, 7) is 3.18. The minimum atomic E-state index is 0.602. The molecule has 0 amide bonds. The maximum atomic E-state index is 5.58. The number of fused-ring (bicyclic) bond motifs is 1. The van der Waals surface area contributed by atoms with Crippen LogP contribution >= 0.6 is 0 Å². The van der Waals surface area contributed by atoms with Gasteiger partial charge in [-0.2, -0.15) is 0 Å². The van der Waals surface area contributed by atoms with E-state index in [1.165, 1.54) is 0 Å². The van der Waals surface area contributed by atoms with Gasteiger partial charge in [0.25, 0.3) is 0 Å². The van der Waals surface area contributed by atoms with Gasteiger partial charge in [-0.05, 0) is 19.1 Å². The number of anilines is 1. The van der Waals surface area contributed by atoms with E-state index in [-0.39, 0.29) is 0 Å². The maximum absolute atomic E-state index is 5.58. The van der Waals surface area contributed by atoms with Crippen molar-refractivity contribution in [3.05, 3.63) is 36.4 Å². The van der Waals surface area contributed by atoms with E-state index in [0.717, 1.165) is 22.9 Å². The van der Waals surface area contributed by atoms with Crippen LogP contribution in [-0.2, 0) is 0 Å². The maximum Gasteiger partial charge on any atom is 0.163 e. The van der Waals surface area contributed by atoms with Crippen molar-refractivity contribution in [1.82, 2.24) is 9.66 Å². The smallest absolute Gasteiger partial charge is 0.163 e. The Morgan fingerprint density at radius 2 is 2.00 bits per heavy atom. The number of rotatable bonds is 2. The van der Waals surface area contributed by atoms with Crippen molar-refractivity contribution in [2.75, 3.05) is 25.3 Å². The average Bonchev–Trinajstić information content (AvgIpc) is 2.84. The highest BCUT2D eigenvalue weighted by Crippen LogP contribution is 2.33. The summed E-state index contributed by atoms with van der Waals surface area (Å²) < 4.78 is 13.0. The number of aryl methyl sites for hydroxylation is 1. The molecule has 0 aliphatic carbocycles. The van der Waals surface area contributed by atoms with Crippen molar-refractivity contribution in [3.8, 4) is 11.5 Å². The van der Waals surface area contributed by atoms with Crippen LogP contribution in [0.15, 0.2) is 30.7 Å². The number of ether oxygens (including phenoxy) is 2. The second kappa shape index (κ2) is 4.25. The summed E-state index contributed by atoms with van der Waals surface area (Å²) in [6, 6.07) is 5.91. The van der Waals surface area contributed by atoms with Crippen molar-refractivity contribution in [3.63, 3.8) is 0 Å².